The highest BCUT2D eigenvalue weighted by molar-refractivity contribution is 9.10. The number of hydrogen-bond acceptors (Lipinski definition) is 3. The highest BCUT2D eigenvalue weighted by Crippen LogP contribution is 2.35. The predicted octanol–water partition coefficient (Wildman–Crippen LogP) is 5.03. The van der Waals surface area contributed by atoms with Gasteiger partial charge in [0.05, 0.1) is 9.50 Å². The lowest BCUT2D eigenvalue weighted by Crippen LogP contribution is -1.92. The Morgan fingerprint density at radius 2 is 1.85 bits per heavy atom. The normalized spacial score (nSPS) is 10.7. The van der Waals surface area contributed by atoms with Crippen molar-refractivity contribution in [1.82, 2.24) is 4.98 Å². The van der Waals surface area contributed by atoms with Gasteiger partial charge in [-0.1, -0.05) is 35.9 Å². The minimum atomic E-state index is 0.462. The Bertz CT molecular complexity index is 792. The molecule has 0 aliphatic heterocycles. The fourth-order valence-corrected chi connectivity index (χ4v) is 2.68. The first kappa shape index (κ1) is 13.2. The molecule has 0 amide bonds. The summed E-state index contributed by atoms with van der Waals surface area (Å²) in [5.74, 6) is 1.16. The zero-order valence-electron chi connectivity index (χ0n) is 10.3. The minimum Gasteiger partial charge on any atom is -0.437 e. The van der Waals surface area contributed by atoms with E-state index in [1.54, 1.807) is 12.3 Å². The molecule has 0 atom stereocenters. The van der Waals surface area contributed by atoms with Crippen molar-refractivity contribution in [2.24, 2.45) is 0 Å². The zero-order chi connectivity index (χ0) is 14.1. The first-order valence-electron chi connectivity index (χ1n) is 5.91. The van der Waals surface area contributed by atoms with Crippen LogP contribution in [0, 0.1) is 0 Å². The van der Waals surface area contributed by atoms with Gasteiger partial charge in [-0.25, -0.2) is 4.98 Å². The van der Waals surface area contributed by atoms with E-state index in [1.165, 1.54) is 0 Å². The maximum absolute atomic E-state index is 5.97. The molecule has 1 heterocycles. The predicted molar refractivity (Wildman–Crippen MR) is 85.4 cm³/mol. The third-order valence-corrected chi connectivity index (χ3v) is 3.67. The Morgan fingerprint density at radius 1 is 1.10 bits per heavy atom. The lowest BCUT2D eigenvalue weighted by atomic mass is 10.1. The number of benzene rings is 2. The summed E-state index contributed by atoms with van der Waals surface area (Å²) < 4.78 is 6.56. The van der Waals surface area contributed by atoms with Crippen LogP contribution in [0.5, 0.6) is 11.6 Å². The Kier molecular flexibility index (Phi) is 3.51. The molecule has 0 saturated heterocycles. The molecule has 2 aromatic carbocycles. The van der Waals surface area contributed by atoms with Crippen LogP contribution in [0.15, 0.2) is 53.1 Å². The smallest absolute Gasteiger partial charge is 0.233 e. The first-order valence-corrected chi connectivity index (χ1v) is 7.08. The number of nitrogens with zero attached hydrogens (tertiary/aromatic N) is 1. The summed E-state index contributed by atoms with van der Waals surface area (Å²) in [6, 6.07) is 13.2. The second-order valence-corrected chi connectivity index (χ2v) is 5.53. The summed E-state index contributed by atoms with van der Waals surface area (Å²) in [6.45, 7) is 0. The van der Waals surface area contributed by atoms with E-state index in [2.05, 4.69) is 20.9 Å². The number of rotatable bonds is 2. The Morgan fingerprint density at radius 3 is 2.60 bits per heavy atom. The van der Waals surface area contributed by atoms with Crippen LogP contribution in [0.2, 0.25) is 5.02 Å². The molecule has 0 bridgehead atoms. The number of anilines is 1. The summed E-state index contributed by atoms with van der Waals surface area (Å²) in [5, 5.41) is 2.44. The summed E-state index contributed by atoms with van der Waals surface area (Å²) in [7, 11) is 0. The van der Waals surface area contributed by atoms with Crippen molar-refractivity contribution in [1.29, 1.82) is 0 Å². The number of pyridine rings is 1. The van der Waals surface area contributed by atoms with E-state index in [4.69, 9.17) is 22.1 Å². The summed E-state index contributed by atoms with van der Waals surface area (Å²) in [6.07, 6.45) is 1.54. The van der Waals surface area contributed by atoms with Crippen molar-refractivity contribution in [3.8, 4) is 11.6 Å². The van der Waals surface area contributed by atoms with Crippen LogP contribution in [0.4, 0.5) is 5.69 Å². The highest BCUT2D eigenvalue weighted by Gasteiger charge is 2.09. The third-order valence-electron chi connectivity index (χ3n) is 2.90. The number of aromatic nitrogens is 1. The molecule has 0 unspecified atom stereocenters. The molecular weight excluding hydrogens is 340 g/mol. The Labute approximate surface area is 129 Å². The van der Waals surface area contributed by atoms with Gasteiger partial charge in [0.2, 0.25) is 5.88 Å². The number of fused-ring (bicyclic) bond motifs is 1. The van der Waals surface area contributed by atoms with Crippen molar-refractivity contribution < 1.29 is 4.74 Å². The van der Waals surface area contributed by atoms with Crippen LogP contribution in [-0.2, 0) is 0 Å². The number of nitrogen functional groups attached to an aromatic ring is 1. The summed E-state index contributed by atoms with van der Waals surface area (Å²) in [5.41, 5.74) is 6.69. The lowest BCUT2D eigenvalue weighted by Gasteiger charge is -2.11. The maximum Gasteiger partial charge on any atom is 0.233 e. The van der Waals surface area contributed by atoms with Crippen molar-refractivity contribution in [3.63, 3.8) is 0 Å². The van der Waals surface area contributed by atoms with Gasteiger partial charge in [-0.2, -0.15) is 0 Å². The van der Waals surface area contributed by atoms with Crippen molar-refractivity contribution >= 4 is 44.0 Å². The van der Waals surface area contributed by atoms with E-state index < -0.39 is 0 Å². The van der Waals surface area contributed by atoms with Crippen LogP contribution < -0.4 is 10.5 Å². The summed E-state index contributed by atoms with van der Waals surface area (Å²) in [4.78, 5) is 4.17. The highest BCUT2D eigenvalue weighted by atomic mass is 79.9. The first-order chi connectivity index (χ1) is 9.65. The van der Waals surface area contributed by atoms with Gasteiger partial charge < -0.3 is 10.5 Å². The molecule has 0 aliphatic rings. The zero-order valence-corrected chi connectivity index (χ0v) is 12.6. The lowest BCUT2D eigenvalue weighted by molar-refractivity contribution is 0.465. The van der Waals surface area contributed by atoms with Gasteiger partial charge in [0.25, 0.3) is 0 Å². The van der Waals surface area contributed by atoms with Crippen LogP contribution in [-0.4, -0.2) is 4.98 Å². The quantitative estimate of drug-likeness (QED) is 0.660. The number of nitrogens with two attached hydrogens (primary N) is 1. The third kappa shape index (κ3) is 2.44. The standard InChI is InChI=1S/C15H10BrClN2O/c16-12-7-9(17)8-19-15(12)20-14-6-5-13(18)10-3-1-2-4-11(10)14/h1-8H,18H2. The van der Waals surface area contributed by atoms with Gasteiger partial charge in [0, 0.05) is 22.7 Å². The number of ether oxygens (including phenoxy) is 1. The second kappa shape index (κ2) is 5.31. The largest absolute Gasteiger partial charge is 0.437 e. The number of halogens is 2. The Hall–Kier alpha value is -1.78. The molecule has 3 aromatic rings. The molecular formula is C15H10BrClN2O. The van der Waals surface area contributed by atoms with E-state index >= 15 is 0 Å². The maximum atomic E-state index is 5.97. The second-order valence-electron chi connectivity index (χ2n) is 4.24. The van der Waals surface area contributed by atoms with Crippen LogP contribution in [0.3, 0.4) is 0 Å². The molecule has 1 aromatic heterocycles. The van der Waals surface area contributed by atoms with Gasteiger partial charge in [-0.05, 0) is 34.1 Å². The molecule has 0 spiro atoms. The SMILES string of the molecule is Nc1ccc(Oc2ncc(Cl)cc2Br)c2ccccc12. The van der Waals surface area contributed by atoms with Crippen molar-refractivity contribution in [3.05, 3.63) is 58.2 Å². The van der Waals surface area contributed by atoms with Gasteiger partial charge in [0.1, 0.15) is 5.75 Å². The molecule has 2 N–H and O–H groups in total. The molecule has 20 heavy (non-hydrogen) atoms. The fourth-order valence-electron chi connectivity index (χ4n) is 1.97. The van der Waals surface area contributed by atoms with Crippen LogP contribution in [0.1, 0.15) is 0 Å². The Balaban J connectivity index is 2.09. The topological polar surface area (TPSA) is 48.1 Å². The van der Waals surface area contributed by atoms with Crippen molar-refractivity contribution in [2.75, 3.05) is 5.73 Å². The molecule has 5 heteroatoms. The van der Waals surface area contributed by atoms with Gasteiger partial charge in [-0.15, -0.1) is 0 Å². The molecule has 3 nitrogen and oxygen atoms in total. The van der Waals surface area contributed by atoms with E-state index in [-0.39, 0.29) is 0 Å². The van der Waals surface area contributed by atoms with Gasteiger partial charge >= 0.3 is 0 Å². The minimum absolute atomic E-state index is 0.462. The van der Waals surface area contributed by atoms with E-state index in [0.717, 1.165) is 16.5 Å². The van der Waals surface area contributed by atoms with E-state index in [9.17, 15) is 0 Å². The van der Waals surface area contributed by atoms with Gasteiger partial charge in [-0.3, -0.25) is 0 Å². The fraction of sp³-hybridized carbons (Fsp3) is 0. The molecule has 0 aliphatic carbocycles. The van der Waals surface area contributed by atoms with E-state index in [0.29, 0.717) is 21.1 Å². The number of hydrogen-bond donors (Lipinski definition) is 1. The average Bonchev–Trinajstić information content (AvgIpc) is 2.45. The van der Waals surface area contributed by atoms with Crippen LogP contribution >= 0.6 is 27.5 Å². The average molecular weight is 350 g/mol. The summed E-state index contributed by atoms with van der Waals surface area (Å²) >= 11 is 9.26. The molecule has 0 fully saturated rings. The van der Waals surface area contributed by atoms with Crippen LogP contribution in [0.25, 0.3) is 10.8 Å². The molecule has 0 radical (unpaired) electrons. The van der Waals surface area contributed by atoms with E-state index in [1.807, 2.05) is 36.4 Å². The molecule has 100 valence electrons. The van der Waals surface area contributed by atoms with Gasteiger partial charge in [0.15, 0.2) is 0 Å². The molecule has 0 saturated carbocycles. The van der Waals surface area contributed by atoms with Crippen molar-refractivity contribution in [2.45, 2.75) is 0 Å². The monoisotopic (exact) mass is 348 g/mol. The molecule has 3 rings (SSSR count).